The van der Waals surface area contributed by atoms with Crippen molar-refractivity contribution in [2.24, 2.45) is 10.8 Å². The number of hydrazine groups is 1. The molecule has 1 aliphatic heterocycles. The van der Waals surface area contributed by atoms with Crippen molar-refractivity contribution in [1.29, 1.82) is 0 Å². The number of aromatic amines is 1. The Balaban J connectivity index is 1.53. The summed E-state index contributed by atoms with van der Waals surface area (Å²) in [6.45, 7) is 5.87. The number of hydrogen-bond donors (Lipinski definition) is 4. The number of benzene rings is 3. The van der Waals surface area contributed by atoms with Gasteiger partial charge in [-0.05, 0) is 73.8 Å². The Morgan fingerprint density at radius 1 is 1.00 bits per heavy atom. The molecule has 0 amide bonds. The second kappa shape index (κ2) is 16.6. The minimum Gasteiger partial charge on any atom is -0.484 e. The largest absolute Gasteiger partial charge is 0.484 e. The molecular formula is C36H42ClF4N7O. The van der Waals surface area contributed by atoms with Crippen LogP contribution in [0.15, 0.2) is 72.0 Å². The number of alkyl halides is 3. The summed E-state index contributed by atoms with van der Waals surface area (Å²) in [6.07, 6.45) is -0.785. The van der Waals surface area contributed by atoms with Crippen molar-refractivity contribution in [2.45, 2.75) is 32.4 Å². The monoisotopic (exact) mass is 699 g/mol. The fourth-order valence-electron chi connectivity index (χ4n) is 6.02. The number of rotatable bonds is 14. The zero-order valence-corrected chi connectivity index (χ0v) is 28.4. The van der Waals surface area contributed by atoms with E-state index in [0.717, 1.165) is 78.9 Å². The molecule has 0 radical (unpaired) electrons. The van der Waals surface area contributed by atoms with Gasteiger partial charge < -0.3 is 25.3 Å². The highest BCUT2D eigenvalue weighted by Crippen LogP contribution is 2.41. The first-order valence-corrected chi connectivity index (χ1v) is 16.6. The normalized spacial score (nSPS) is 14.7. The van der Waals surface area contributed by atoms with E-state index in [9.17, 15) is 17.6 Å². The zero-order chi connectivity index (χ0) is 35.0. The molecule has 1 aromatic heterocycles. The van der Waals surface area contributed by atoms with E-state index in [2.05, 4.69) is 37.9 Å². The van der Waals surface area contributed by atoms with Gasteiger partial charge in [0.25, 0.3) is 0 Å². The smallest absolute Gasteiger partial charge is 0.422 e. The van der Waals surface area contributed by atoms with Gasteiger partial charge in [-0.15, -0.1) is 0 Å². The van der Waals surface area contributed by atoms with Gasteiger partial charge in [0.2, 0.25) is 0 Å². The van der Waals surface area contributed by atoms with Crippen LogP contribution in [0.3, 0.4) is 0 Å². The molecule has 0 spiro atoms. The number of hydrogen-bond acceptors (Lipinski definition) is 7. The summed E-state index contributed by atoms with van der Waals surface area (Å²) in [6, 6.07) is 16.8. The SMILES string of the molecule is Cc1c(-c2c(-c3ccc(F)cc3)c[nH]c2/C(Cc2ccccc2OCC(F)(F)F)=N/NNCN)ccc(CCCN2CCN(C)CC2)c1Cl. The van der Waals surface area contributed by atoms with Crippen LogP contribution in [-0.4, -0.2) is 79.7 Å². The lowest BCUT2D eigenvalue weighted by Crippen LogP contribution is -2.44. The van der Waals surface area contributed by atoms with Crippen LogP contribution in [0.1, 0.15) is 28.8 Å². The molecule has 0 atom stereocenters. The highest BCUT2D eigenvalue weighted by molar-refractivity contribution is 6.32. The molecule has 262 valence electrons. The van der Waals surface area contributed by atoms with Crippen LogP contribution >= 0.6 is 11.6 Å². The number of nitrogens with one attached hydrogen (secondary N) is 3. The minimum atomic E-state index is -4.50. The Morgan fingerprint density at radius 2 is 1.73 bits per heavy atom. The summed E-state index contributed by atoms with van der Waals surface area (Å²) in [5, 5.41) is 5.23. The molecule has 3 aromatic carbocycles. The van der Waals surface area contributed by atoms with E-state index >= 15 is 0 Å². The van der Waals surface area contributed by atoms with Crippen LogP contribution in [0.4, 0.5) is 17.6 Å². The highest BCUT2D eigenvalue weighted by Gasteiger charge is 2.29. The lowest BCUT2D eigenvalue weighted by atomic mass is 9.90. The summed E-state index contributed by atoms with van der Waals surface area (Å²) in [5.41, 5.74) is 17.7. The van der Waals surface area contributed by atoms with Gasteiger partial charge in [0.05, 0.1) is 18.1 Å². The fourth-order valence-corrected chi connectivity index (χ4v) is 6.28. The first-order chi connectivity index (χ1) is 23.5. The zero-order valence-electron chi connectivity index (χ0n) is 27.6. The average molecular weight is 700 g/mol. The number of para-hydroxylation sites is 1. The third-order valence-corrected chi connectivity index (χ3v) is 9.20. The van der Waals surface area contributed by atoms with E-state index in [-0.39, 0.29) is 24.7 Å². The third kappa shape index (κ3) is 9.61. The predicted octanol–water partition coefficient (Wildman–Crippen LogP) is 6.53. The number of piperazine rings is 1. The molecule has 0 bridgehead atoms. The number of ether oxygens (including phenoxy) is 1. The van der Waals surface area contributed by atoms with Crippen LogP contribution < -0.4 is 21.4 Å². The lowest BCUT2D eigenvalue weighted by Gasteiger charge is -2.32. The Kier molecular flexibility index (Phi) is 12.3. The molecule has 1 aliphatic rings. The summed E-state index contributed by atoms with van der Waals surface area (Å²) in [5.74, 6) is -0.276. The van der Waals surface area contributed by atoms with Crippen molar-refractivity contribution in [3.8, 4) is 28.0 Å². The van der Waals surface area contributed by atoms with Gasteiger partial charge in [-0.1, -0.05) is 54.1 Å². The molecule has 49 heavy (non-hydrogen) atoms. The summed E-state index contributed by atoms with van der Waals surface area (Å²) in [7, 11) is 2.15. The molecule has 0 aliphatic carbocycles. The fraction of sp³-hybridized carbons (Fsp3) is 0.361. The molecule has 4 aromatic rings. The number of aromatic nitrogens is 1. The number of likely N-dealkylation sites (N-methyl/N-ethyl adjacent to an activating group) is 1. The van der Waals surface area contributed by atoms with E-state index in [1.54, 1.807) is 30.3 Å². The number of H-pyrrole nitrogens is 1. The first kappa shape index (κ1) is 36.3. The molecule has 8 nitrogen and oxygen atoms in total. The van der Waals surface area contributed by atoms with E-state index in [1.165, 1.54) is 18.2 Å². The van der Waals surface area contributed by atoms with Crippen LogP contribution in [0.25, 0.3) is 22.3 Å². The Bertz CT molecular complexity index is 1720. The number of halogens is 5. The van der Waals surface area contributed by atoms with Crippen LogP contribution in [0.5, 0.6) is 5.75 Å². The van der Waals surface area contributed by atoms with Gasteiger partial charge in [-0.25, -0.2) is 15.4 Å². The number of nitrogens with two attached hydrogens (primary N) is 1. The standard InChI is InChI=1S/C36H42ClF4N7O/c1-24-29(14-11-26(34(24)37)7-5-15-48-18-16-47(2)17-19-48)33-30(25-9-12-28(38)13-10-25)21-43-35(33)31(45-46-44-23-42)20-27-6-3-4-8-32(27)49-22-36(39,40)41/h3-4,6,8-14,21,43-44,46H,5,7,15-20,22-23,42H2,1-2H3/b45-31+. The molecule has 5 N–H and O–H groups in total. The average Bonchev–Trinajstić information content (AvgIpc) is 3.51. The van der Waals surface area contributed by atoms with E-state index in [1.807, 2.05) is 25.3 Å². The van der Waals surface area contributed by atoms with Crippen molar-refractivity contribution in [3.05, 3.63) is 100 Å². The van der Waals surface area contributed by atoms with Crippen molar-refractivity contribution in [3.63, 3.8) is 0 Å². The maximum Gasteiger partial charge on any atom is 0.422 e. The second-order valence-corrected chi connectivity index (χ2v) is 12.5. The van der Waals surface area contributed by atoms with Crippen LogP contribution in [0.2, 0.25) is 5.02 Å². The lowest BCUT2D eigenvalue weighted by molar-refractivity contribution is -0.153. The van der Waals surface area contributed by atoms with Crippen LogP contribution in [0, 0.1) is 12.7 Å². The molecule has 13 heteroatoms. The Labute approximate surface area is 289 Å². The molecule has 5 rings (SSSR count). The molecule has 2 heterocycles. The van der Waals surface area contributed by atoms with Gasteiger partial charge in [0.15, 0.2) is 6.61 Å². The molecule has 1 saturated heterocycles. The third-order valence-electron chi connectivity index (χ3n) is 8.67. The van der Waals surface area contributed by atoms with E-state index in [0.29, 0.717) is 22.0 Å². The highest BCUT2D eigenvalue weighted by atomic mass is 35.5. The first-order valence-electron chi connectivity index (χ1n) is 16.2. The number of nitrogens with zero attached hydrogens (tertiary/aromatic N) is 3. The maximum atomic E-state index is 14.0. The molecule has 0 saturated carbocycles. The van der Waals surface area contributed by atoms with Gasteiger partial charge >= 0.3 is 6.18 Å². The van der Waals surface area contributed by atoms with Crippen LogP contribution in [-0.2, 0) is 12.8 Å². The van der Waals surface area contributed by atoms with E-state index in [4.69, 9.17) is 22.1 Å². The van der Waals surface area contributed by atoms with Crippen molar-refractivity contribution in [1.82, 2.24) is 25.7 Å². The quantitative estimate of drug-likeness (QED) is 0.0394. The molecule has 0 unspecified atom stereocenters. The van der Waals surface area contributed by atoms with E-state index < -0.39 is 12.8 Å². The van der Waals surface area contributed by atoms with Gasteiger partial charge in [-0.2, -0.15) is 18.3 Å². The molecular weight excluding hydrogens is 658 g/mol. The number of aryl methyl sites for hydroxylation is 1. The minimum absolute atomic E-state index is 0.0749. The van der Waals surface area contributed by atoms with Gasteiger partial charge in [-0.3, -0.25) is 0 Å². The maximum absolute atomic E-state index is 14.0. The predicted molar refractivity (Wildman–Crippen MR) is 187 cm³/mol. The van der Waals surface area contributed by atoms with Crippen molar-refractivity contribution >= 4 is 17.3 Å². The number of hydrazone groups is 1. The van der Waals surface area contributed by atoms with Gasteiger partial charge in [0, 0.05) is 60.5 Å². The summed E-state index contributed by atoms with van der Waals surface area (Å²) < 4.78 is 58.4. The Morgan fingerprint density at radius 3 is 2.45 bits per heavy atom. The van der Waals surface area contributed by atoms with Gasteiger partial charge in [0.1, 0.15) is 11.6 Å². The summed E-state index contributed by atoms with van der Waals surface area (Å²) >= 11 is 7.08. The Hall–Kier alpha value is -3.94. The topological polar surface area (TPSA) is 93.9 Å². The van der Waals surface area contributed by atoms with Crippen molar-refractivity contribution < 1.29 is 22.3 Å². The summed E-state index contributed by atoms with van der Waals surface area (Å²) in [4.78, 5) is 8.17. The second-order valence-electron chi connectivity index (χ2n) is 12.2. The molecule has 1 fully saturated rings. The van der Waals surface area contributed by atoms with Crippen molar-refractivity contribution in [2.75, 3.05) is 53.0 Å².